The third-order valence-electron chi connectivity index (χ3n) is 2.60. The maximum atomic E-state index is 12.0. The largest absolute Gasteiger partial charge is 0.450 e. The molecule has 0 aliphatic carbocycles. The molecule has 0 radical (unpaired) electrons. The number of hydrogen-bond acceptors (Lipinski definition) is 5. The van der Waals surface area contributed by atoms with Gasteiger partial charge in [0, 0.05) is 18.7 Å². The number of nitrogens with one attached hydrogen (secondary N) is 1. The second-order valence-corrected chi connectivity index (χ2v) is 6.63. The van der Waals surface area contributed by atoms with E-state index in [1.54, 1.807) is 0 Å². The SMILES string of the molecule is CC(CNS(=O)(=O)c1cc(CO)oc1Br)N(C)C. The average Bonchev–Trinajstić information content (AvgIpc) is 2.68. The molecule has 8 heteroatoms. The summed E-state index contributed by atoms with van der Waals surface area (Å²) in [7, 11) is 0.106. The van der Waals surface area contributed by atoms with E-state index in [1.165, 1.54) is 6.07 Å². The van der Waals surface area contributed by atoms with E-state index in [0.29, 0.717) is 6.54 Å². The van der Waals surface area contributed by atoms with E-state index in [0.717, 1.165) is 0 Å². The number of rotatable bonds is 6. The van der Waals surface area contributed by atoms with Gasteiger partial charge in [0.2, 0.25) is 10.0 Å². The summed E-state index contributed by atoms with van der Waals surface area (Å²) in [6.45, 7) is 1.86. The Labute approximate surface area is 115 Å². The number of hydrogen-bond donors (Lipinski definition) is 2. The summed E-state index contributed by atoms with van der Waals surface area (Å²) in [5.41, 5.74) is 0. The van der Waals surface area contributed by atoms with Crippen LogP contribution in [0.25, 0.3) is 0 Å². The van der Waals surface area contributed by atoms with Gasteiger partial charge in [-0.2, -0.15) is 0 Å². The summed E-state index contributed by atoms with van der Waals surface area (Å²) in [6, 6.07) is 1.37. The van der Waals surface area contributed by atoms with Crippen molar-refractivity contribution >= 4 is 26.0 Å². The maximum absolute atomic E-state index is 12.0. The minimum atomic E-state index is -3.64. The maximum Gasteiger partial charge on any atom is 0.245 e. The van der Waals surface area contributed by atoms with Gasteiger partial charge in [0.05, 0.1) is 0 Å². The van der Waals surface area contributed by atoms with Crippen LogP contribution in [0.4, 0.5) is 0 Å². The van der Waals surface area contributed by atoms with Crippen molar-refractivity contribution < 1.29 is 17.9 Å². The molecule has 1 rings (SSSR count). The van der Waals surface area contributed by atoms with E-state index in [-0.39, 0.29) is 28.0 Å². The summed E-state index contributed by atoms with van der Waals surface area (Å²) < 4.78 is 31.6. The first-order valence-electron chi connectivity index (χ1n) is 5.33. The molecule has 0 aromatic carbocycles. The molecule has 0 fully saturated rings. The quantitative estimate of drug-likeness (QED) is 0.798. The van der Waals surface area contributed by atoms with Crippen LogP contribution in [0.3, 0.4) is 0 Å². The van der Waals surface area contributed by atoms with Gasteiger partial charge in [-0.1, -0.05) is 0 Å². The van der Waals surface area contributed by atoms with Gasteiger partial charge in [0.1, 0.15) is 17.3 Å². The van der Waals surface area contributed by atoms with Crippen LogP contribution in [0.2, 0.25) is 0 Å². The molecule has 1 unspecified atom stereocenters. The fraction of sp³-hybridized carbons (Fsp3) is 0.600. The minimum Gasteiger partial charge on any atom is -0.450 e. The van der Waals surface area contributed by atoms with Crippen molar-refractivity contribution in [1.29, 1.82) is 0 Å². The summed E-state index contributed by atoms with van der Waals surface area (Å²) in [5, 5.41) is 8.90. The number of furan rings is 1. The summed E-state index contributed by atoms with van der Waals surface area (Å²) in [6.07, 6.45) is 0. The smallest absolute Gasteiger partial charge is 0.245 e. The molecule has 0 spiro atoms. The zero-order chi connectivity index (χ0) is 13.9. The lowest BCUT2D eigenvalue weighted by atomic mass is 10.3. The molecule has 2 N–H and O–H groups in total. The summed E-state index contributed by atoms with van der Waals surface area (Å²) in [5.74, 6) is 0.197. The van der Waals surface area contributed by atoms with Gasteiger partial charge in [-0.15, -0.1) is 0 Å². The molecule has 104 valence electrons. The number of aliphatic hydroxyl groups excluding tert-OH is 1. The zero-order valence-electron chi connectivity index (χ0n) is 10.5. The molecule has 1 atom stereocenters. The van der Waals surface area contributed by atoms with Crippen LogP contribution in [0, 0.1) is 0 Å². The van der Waals surface area contributed by atoms with Crippen molar-refractivity contribution in [2.24, 2.45) is 0 Å². The van der Waals surface area contributed by atoms with Crippen molar-refractivity contribution in [3.05, 3.63) is 16.5 Å². The fourth-order valence-corrected chi connectivity index (χ4v) is 3.27. The Hall–Kier alpha value is -0.410. The molecule has 1 heterocycles. The Morgan fingerprint density at radius 1 is 1.56 bits per heavy atom. The van der Waals surface area contributed by atoms with Gasteiger partial charge in [0.15, 0.2) is 4.67 Å². The van der Waals surface area contributed by atoms with E-state index in [1.807, 2.05) is 25.9 Å². The predicted molar refractivity (Wildman–Crippen MR) is 70.7 cm³/mol. The van der Waals surface area contributed by atoms with Crippen molar-refractivity contribution in [3.8, 4) is 0 Å². The highest BCUT2D eigenvalue weighted by Gasteiger charge is 2.22. The average molecular weight is 341 g/mol. The third-order valence-corrected chi connectivity index (χ3v) is 4.88. The molecule has 1 aromatic rings. The Morgan fingerprint density at radius 2 is 2.17 bits per heavy atom. The second-order valence-electron chi connectivity index (χ2n) is 4.17. The van der Waals surface area contributed by atoms with Crippen LogP contribution >= 0.6 is 15.9 Å². The van der Waals surface area contributed by atoms with E-state index in [2.05, 4.69) is 20.7 Å². The van der Waals surface area contributed by atoms with Gasteiger partial charge < -0.3 is 14.4 Å². The minimum absolute atomic E-state index is 0.00231. The highest BCUT2D eigenvalue weighted by atomic mass is 79.9. The van der Waals surface area contributed by atoms with Crippen molar-refractivity contribution in [1.82, 2.24) is 9.62 Å². The number of nitrogens with zero attached hydrogens (tertiary/aromatic N) is 1. The topological polar surface area (TPSA) is 82.8 Å². The first-order chi connectivity index (χ1) is 8.27. The molecule has 18 heavy (non-hydrogen) atoms. The van der Waals surface area contributed by atoms with E-state index >= 15 is 0 Å². The van der Waals surface area contributed by atoms with Gasteiger partial charge in [-0.25, -0.2) is 13.1 Å². The Balaban J connectivity index is 2.83. The molecule has 0 saturated heterocycles. The summed E-state index contributed by atoms with van der Waals surface area (Å²) >= 11 is 3.02. The molecule has 0 aliphatic rings. The van der Waals surface area contributed by atoms with Crippen LogP contribution in [0.15, 0.2) is 20.0 Å². The number of halogens is 1. The Morgan fingerprint density at radius 3 is 2.61 bits per heavy atom. The van der Waals surface area contributed by atoms with Gasteiger partial charge >= 0.3 is 0 Å². The highest BCUT2D eigenvalue weighted by Crippen LogP contribution is 2.25. The van der Waals surface area contributed by atoms with E-state index in [9.17, 15) is 8.42 Å². The highest BCUT2D eigenvalue weighted by molar-refractivity contribution is 9.10. The zero-order valence-corrected chi connectivity index (χ0v) is 12.9. The Bertz CT molecular complexity index is 498. The van der Waals surface area contributed by atoms with Crippen LogP contribution < -0.4 is 4.72 Å². The van der Waals surface area contributed by atoms with Gasteiger partial charge in [0.25, 0.3) is 0 Å². The van der Waals surface area contributed by atoms with Crippen LogP contribution in [0.1, 0.15) is 12.7 Å². The normalized spacial score (nSPS) is 14.1. The third kappa shape index (κ3) is 3.79. The van der Waals surface area contributed by atoms with E-state index in [4.69, 9.17) is 9.52 Å². The molecule has 0 bridgehead atoms. The molecule has 0 amide bonds. The first-order valence-corrected chi connectivity index (χ1v) is 7.60. The van der Waals surface area contributed by atoms with Crippen molar-refractivity contribution in [2.45, 2.75) is 24.5 Å². The van der Waals surface area contributed by atoms with Crippen molar-refractivity contribution in [2.75, 3.05) is 20.6 Å². The fourth-order valence-electron chi connectivity index (χ4n) is 1.15. The molecule has 6 nitrogen and oxygen atoms in total. The van der Waals surface area contributed by atoms with Crippen LogP contribution in [-0.2, 0) is 16.6 Å². The molecular weight excluding hydrogens is 324 g/mol. The Kier molecular flexibility index (Phi) is 5.35. The number of likely N-dealkylation sites (N-methyl/N-ethyl adjacent to an activating group) is 1. The van der Waals surface area contributed by atoms with Crippen LogP contribution in [-0.4, -0.2) is 45.1 Å². The lowest BCUT2D eigenvalue weighted by Crippen LogP contribution is -2.38. The van der Waals surface area contributed by atoms with Crippen LogP contribution in [0.5, 0.6) is 0 Å². The molecule has 0 aliphatic heterocycles. The monoisotopic (exact) mass is 340 g/mol. The predicted octanol–water partition coefficient (Wildman–Crippen LogP) is 0.763. The molecule has 0 saturated carbocycles. The lowest BCUT2D eigenvalue weighted by molar-refractivity contribution is 0.245. The van der Waals surface area contributed by atoms with E-state index < -0.39 is 10.0 Å². The number of aliphatic hydroxyl groups is 1. The second kappa shape index (κ2) is 6.16. The van der Waals surface area contributed by atoms with Gasteiger partial charge in [-0.05, 0) is 36.9 Å². The molecule has 1 aromatic heterocycles. The molecular formula is C10H17BrN2O4S. The number of sulfonamides is 1. The summed E-state index contributed by atoms with van der Waals surface area (Å²) in [4.78, 5) is 1.91. The van der Waals surface area contributed by atoms with Gasteiger partial charge in [-0.3, -0.25) is 0 Å². The standard InChI is InChI=1S/C10H17BrN2O4S/c1-7(13(2)3)5-12-18(15,16)9-4-8(6-14)17-10(9)11/h4,7,12,14H,5-6H2,1-3H3. The lowest BCUT2D eigenvalue weighted by Gasteiger charge is -2.19. The first kappa shape index (κ1) is 15.6. The van der Waals surface area contributed by atoms with Crippen molar-refractivity contribution in [3.63, 3.8) is 0 Å².